The summed E-state index contributed by atoms with van der Waals surface area (Å²) in [7, 11) is 0. The third-order valence-corrected chi connectivity index (χ3v) is 3.62. The fourth-order valence-corrected chi connectivity index (χ4v) is 2.33. The zero-order valence-electron chi connectivity index (χ0n) is 13.6. The molecular weight excluding hydrogens is 290 g/mol. The van der Waals surface area contributed by atoms with Gasteiger partial charge in [0.1, 0.15) is 5.82 Å². The molecule has 0 radical (unpaired) electrons. The van der Waals surface area contributed by atoms with Crippen LogP contribution in [-0.2, 0) is 12.0 Å². The fraction of sp³-hybridized carbons (Fsp3) is 0.353. The van der Waals surface area contributed by atoms with Gasteiger partial charge in [-0.1, -0.05) is 12.1 Å². The lowest BCUT2D eigenvalue weighted by Gasteiger charge is -2.18. The van der Waals surface area contributed by atoms with Crippen molar-refractivity contribution in [2.24, 2.45) is 0 Å². The standard InChI is InChI=1S/C17H21N5O/c1-17(2,3)22-11-12(10-19-22)16(23)18-9-8-15-20-13-6-4-5-7-14(13)21-15/h4-7,10-11H,8-9H2,1-3H3,(H,18,23)(H,20,21). The lowest BCUT2D eigenvalue weighted by molar-refractivity contribution is 0.0954. The summed E-state index contributed by atoms with van der Waals surface area (Å²) in [5.41, 5.74) is 2.40. The van der Waals surface area contributed by atoms with E-state index in [1.165, 1.54) is 0 Å². The van der Waals surface area contributed by atoms with Gasteiger partial charge in [-0.05, 0) is 32.9 Å². The molecule has 1 amide bonds. The van der Waals surface area contributed by atoms with E-state index in [0.717, 1.165) is 16.9 Å². The Kier molecular flexibility index (Phi) is 3.90. The Morgan fingerprint density at radius 2 is 2.09 bits per heavy atom. The molecule has 120 valence electrons. The first-order valence-corrected chi connectivity index (χ1v) is 7.70. The number of para-hydroxylation sites is 2. The number of aromatic nitrogens is 4. The lowest BCUT2D eigenvalue weighted by atomic mass is 10.1. The molecule has 6 nitrogen and oxygen atoms in total. The Hall–Kier alpha value is -2.63. The zero-order valence-corrected chi connectivity index (χ0v) is 13.6. The van der Waals surface area contributed by atoms with Gasteiger partial charge in [0.05, 0.1) is 28.3 Å². The quantitative estimate of drug-likeness (QED) is 0.777. The molecule has 0 bridgehead atoms. The van der Waals surface area contributed by atoms with E-state index < -0.39 is 0 Å². The largest absolute Gasteiger partial charge is 0.351 e. The number of hydrogen-bond donors (Lipinski definition) is 2. The highest BCUT2D eigenvalue weighted by Crippen LogP contribution is 2.13. The highest BCUT2D eigenvalue weighted by molar-refractivity contribution is 5.93. The second kappa shape index (κ2) is 5.87. The van der Waals surface area contributed by atoms with Crippen molar-refractivity contribution >= 4 is 16.9 Å². The maximum atomic E-state index is 12.2. The smallest absolute Gasteiger partial charge is 0.254 e. The van der Waals surface area contributed by atoms with Crippen molar-refractivity contribution in [3.63, 3.8) is 0 Å². The average molecular weight is 311 g/mol. The summed E-state index contributed by atoms with van der Waals surface area (Å²) >= 11 is 0. The number of carbonyl (C=O) groups excluding carboxylic acids is 1. The van der Waals surface area contributed by atoms with Crippen LogP contribution in [0.4, 0.5) is 0 Å². The second-order valence-corrected chi connectivity index (χ2v) is 6.55. The van der Waals surface area contributed by atoms with Crippen LogP contribution < -0.4 is 5.32 Å². The van der Waals surface area contributed by atoms with Gasteiger partial charge in [0.25, 0.3) is 5.91 Å². The molecule has 3 aromatic rings. The van der Waals surface area contributed by atoms with Gasteiger partial charge < -0.3 is 10.3 Å². The molecule has 0 saturated carbocycles. The van der Waals surface area contributed by atoms with E-state index in [9.17, 15) is 4.79 Å². The first-order chi connectivity index (χ1) is 10.9. The van der Waals surface area contributed by atoms with Crippen molar-refractivity contribution in [3.8, 4) is 0 Å². The van der Waals surface area contributed by atoms with Crippen LogP contribution in [-0.4, -0.2) is 32.2 Å². The second-order valence-electron chi connectivity index (χ2n) is 6.55. The number of aromatic amines is 1. The van der Waals surface area contributed by atoms with Crippen molar-refractivity contribution in [3.05, 3.63) is 48.0 Å². The monoisotopic (exact) mass is 311 g/mol. The van der Waals surface area contributed by atoms with Gasteiger partial charge >= 0.3 is 0 Å². The summed E-state index contributed by atoms with van der Waals surface area (Å²) in [5.74, 6) is 0.758. The van der Waals surface area contributed by atoms with Gasteiger partial charge in [-0.25, -0.2) is 4.98 Å². The number of carbonyl (C=O) groups is 1. The predicted molar refractivity (Wildman–Crippen MR) is 89.4 cm³/mol. The SMILES string of the molecule is CC(C)(C)n1cc(C(=O)NCCc2nc3ccccc3[nH]2)cn1. The normalized spacial score (nSPS) is 11.8. The highest BCUT2D eigenvalue weighted by Gasteiger charge is 2.16. The third-order valence-electron chi connectivity index (χ3n) is 3.62. The number of imidazole rings is 1. The Bertz CT molecular complexity index is 792. The number of nitrogens with zero attached hydrogens (tertiary/aromatic N) is 3. The Morgan fingerprint density at radius 1 is 1.30 bits per heavy atom. The van der Waals surface area contributed by atoms with E-state index in [2.05, 4.69) is 20.4 Å². The van der Waals surface area contributed by atoms with E-state index in [1.54, 1.807) is 17.1 Å². The molecule has 0 unspecified atom stereocenters. The van der Waals surface area contributed by atoms with Crippen molar-refractivity contribution in [1.82, 2.24) is 25.1 Å². The number of H-pyrrole nitrogens is 1. The Morgan fingerprint density at radius 3 is 2.78 bits per heavy atom. The van der Waals surface area contributed by atoms with Gasteiger partial charge in [-0.15, -0.1) is 0 Å². The fourth-order valence-electron chi connectivity index (χ4n) is 2.33. The molecule has 0 fully saturated rings. The molecule has 0 aliphatic heterocycles. The van der Waals surface area contributed by atoms with E-state index in [4.69, 9.17) is 0 Å². The van der Waals surface area contributed by atoms with Crippen LogP contribution >= 0.6 is 0 Å². The maximum Gasteiger partial charge on any atom is 0.254 e. The molecular formula is C17H21N5O. The summed E-state index contributed by atoms with van der Waals surface area (Å²) in [5, 5.41) is 7.15. The van der Waals surface area contributed by atoms with Crippen LogP contribution in [0.3, 0.4) is 0 Å². The van der Waals surface area contributed by atoms with Crippen molar-refractivity contribution < 1.29 is 4.79 Å². The first-order valence-electron chi connectivity index (χ1n) is 7.70. The average Bonchev–Trinajstić information content (AvgIpc) is 3.13. The molecule has 3 rings (SSSR count). The van der Waals surface area contributed by atoms with Gasteiger partial charge in [0, 0.05) is 19.2 Å². The van der Waals surface area contributed by atoms with E-state index >= 15 is 0 Å². The molecule has 2 aromatic heterocycles. The molecule has 0 atom stereocenters. The molecule has 0 aliphatic rings. The minimum absolute atomic E-state index is 0.114. The summed E-state index contributed by atoms with van der Waals surface area (Å²) in [6.07, 6.45) is 4.03. The van der Waals surface area contributed by atoms with Crippen molar-refractivity contribution in [1.29, 1.82) is 0 Å². The van der Waals surface area contributed by atoms with Gasteiger partial charge in [0.15, 0.2) is 0 Å². The van der Waals surface area contributed by atoms with Crippen LogP contribution in [0.5, 0.6) is 0 Å². The van der Waals surface area contributed by atoms with Crippen molar-refractivity contribution in [2.75, 3.05) is 6.54 Å². The Balaban J connectivity index is 1.57. The third kappa shape index (κ3) is 3.41. The van der Waals surface area contributed by atoms with E-state index in [1.807, 2.05) is 45.0 Å². The molecule has 0 spiro atoms. The summed E-state index contributed by atoms with van der Waals surface area (Å²) < 4.78 is 1.79. The van der Waals surface area contributed by atoms with Crippen LogP contribution in [0, 0.1) is 0 Å². The van der Waals surface area contributed by atoms with Crippen LogP contribution in [0.25, 0.3) is 11.0 Å². The van der Waals surface area contributed by atoms with Crippen LogP contribution in [0.15, 0.2) is 36.7 Å². The van der Waals surface area contributed by atoms with E-state index in [-0.39, 0.29) is 11.4 Å². The number of amides is 1. The topological polar surface area (TPSA) is 75.6 Å². The van der Waals surface area contributed by atoms with Gasteiger partial charge in [0.2, 0.25) is 0 Å². The molecule has 0 aliphatic carbocycles. The minimum atomic E-state index is -0.132. The molecule has 2 heterocycles. The molecule has 0 saturated heterocycles. The predicted octanol–water partition coefficient (Wildman–Crippen LogP) is 2.49. The minimum Gasteiger partial charge on any atom is -0.351 e. The molecule has 1 aromatic carbocycles. The molecule has 6 heteroatoms. The molecule has 23 heavy (non-hydrogen) atoms. The summed E-state index contributed by atoms with van der Waals surface area (Å²) in [4.78, 5) is 19.9. The summed E-state index contributed by atoms with van der Waals surface area (Å²) in [6.45, 7) is 6.66. The van der Waals surface area contributed by atoms with Gasteiger partial charge in [-0.2, -0.15) is 5.10 Å². The first kappa shape index (κ1) is 15.3. The molecule has 2 N–H and O–H groups in total. The van der Waals surface area contributed by atoms with Crippen LogP contribution in [0.1, 0.15) is 37.0 Å². The number of hydrogen-bond acceptors (Lipinski definition) is 3. The van der Waals surface area contributed by atoms with Crippen molar-refractivity contribution in [2.45, 2.75) is 32.7 Å². The lowest BCUT2D eigenvalue weighted by Crippen LogP contribution is -2.26. The number of nitrogens with one attached hydrogen (secondary N) is 2. The highest BCUT2D eigenvalue weighted by atomic mass is 16.1. The van der Waals surface area contributed by atoms with Gasteiger partial charge in [-0.3, -0.25) is 9.48 Å². The van der Waals surface area contributed by atoms with E-state index in [0.29, 0.717) is 18.5 Å². The Labute approximate surface area is 134 Å². The van der Waals surface area contributed by atoms with Crippen LogP contribution in [0.2, 0.25) is 0 Å². The maximum absolute atomic E-state index is 12.2. The number of rotatable bonds is 4. The number of fused-ring (bicyclic) bond motifs is 1. The number of benzene rings is 1. The summed E-state index contributed by atoms with van der Waals surface area (Å²) in [6, 6.07) is 7.89. The zero-order chi connectivity index (χ0) is 16.4.